The largest absolute Gasteiger partial charge is 0.304 e. The van der Waals surface area contributed by atoms with Crippen LogP contribution >= 0.6 is 11.6 Å². The molecular weight excluding hydrogens is 282 g/mol. The highest BCUT2D eigenvalue weighted by molar-refractivity contribution is 6.30. The fourth-order valence-corrected chi connectivity index (χ4v) is 3.10. The Bertz CT molecular complexity index is 570. The summed E-state index contributed by atoms with van der Waals surface area (Å²) in [6.07, 6.45) is 7.35. The van der Waals surface area contributed by atoms with Crippen LogP contribution in [0, 0.1) is 0 Å². The van der Waals surface area contributed by atoms with E-state index in [9.17, 15) is 0 Å². The minimum atomic E-state index is 0.291. The van der Waals surface area contributed by atoms with Crippen LogP contribution in [0.1, 0.15) is 55.9 Å². The lowest BCUT2D eigenvalue weighted by molar-refractivity contribution is 0.458. The maximum absolute atomic E-state index is 5.92. The van der Waals surface area contributed by atoms with Crippen molar-refractivity contribution >= 4 is 11.6 Å². The molecule has 1 aliphatic rings. The molecule has 21 heavy (non-hydrogen) atoms. The van der Waals surface area contributed by atoms with Crippen LogP contribution in [-0.2, 0) is 6.54 Å². The molecule has 0 spiro atoms. The van der Waals surface area contributed by atoms with Crippen LogP contribution in [0.4, 0.5) is 0 Å². The Kier molecular flexibility index (Phi) is 4.61. The van der Waals surface area contributed by atoms with E-state index in [4.69, 9.17) is 16.7 Å². The van der Waals surface area contributed by atoms with Crippen molar-refractivity contribution in [2.45, 2.75) is 51.2 Å². The van der Waals surface area contributed by atoms with E-state index >= 15 is 0 Å². The van der Waals surface area contributed by atoms with Gasteiger partial charge in [-0.2, -0.15) is 5.10 Å². The monoisotopic (exact) mass is 303 g/mol. The third kappa shape index (κ3) is 3.66. The first-order valence-corrected chi connectivity index (χ1v) is 8.13. The molecule has 0 amide bonds. The normalized spacial score (nSPS) is 17.2. The lowest BCUT2D eigenvalue weighted by atomic mass is 10.1. The van der Waals surface area contributed by atoms with Crippen molar-refractivity contribution in [2.75, 3.05) is 0 Å². The highest BCUT2D eigenvalue weighted by Crippen LogP contribution is 2.28. The summed E-state index contributed by atoms with van der Waals surface area (Å²) < 4.78 is 2.15. The molecule has 1 aliphatic carbocycles. The zero-order valence-electron chi connectivity index (χ0n) is 12.4. The number of nitrogens with zero attached hydrogens (tertiary/aromatic N) is 2. The first-order chi connectivity index (χ1) is 10.2. The minimum Gasteiger partial charge on any atom is -0.304 e. The number of benzene rings is 1. The molecule has 4 heteroatoms. The Labute approximate surface area is 131 Å². The quantitative estimate of drug-likeness (QED) is 0.881. The van der Waals surface area contributed by atoms with Crippen molar-refractivity contribution in [3.63, 3.8) is 0 Å². The number of halogens is 1. The third-order valence-corrected chi connectivity index (χ3v) is 4.57. The van der Waals surface area contributed by atoms with Crippen molar-refractivity contribution in [2.24, 2.45) is 0 Å². The Hall–Kier alpha value is -1.32. The van der Waals surface area contributed by atoms with Crippen molar-refractivity contribution in [1.82, 2.24) is 15.1 Å². The van der Waals surface area contributed by atoms with E-state index in [2.05, 4.69) is 41.3 Å². The zero-order valence-corrected chi connectivity index (χ0v) is 13.2. The van der Waals surface area contributed by atoms with E-state index in [-0.39, 0.29) is 0 Å². The number of rotatable bonds is 5. The predicted molar refractivity (Wildman–Crippen MR) is 86.4 cm³/mol. The van der Waals surface area contributed by atoms with Gasteiger partial charge in [-0.15, -0.1) is 0 Å². The van der Waals surface area contributed by atoms with Gasteiger partial charge < -0.3 is 5.32 Å². The summed E-state index contributed by atoms with van der Waals surface area (Å²) in [4.78, 5) is 0. The van der Waals surface area contributed by atoms with Gasteiger partial charge in [-0.3, -0.25) is 4.68 Å². The third-order valence-electron chi connectivity index (χ3n) is 4.32. The molecule has 1 fully saturated rings. The Morgan fingerprint density at radius 2 is 1.95 bits per heavy atom. The van der Waals surface area contributed by atoms with Crippen LogP contribution in [0.25, 0.3) is 0 Å². The number of hydrogen-bond donors (Lipinski definition) is 1. The van der Waals surface area contributed by atoms with Gasteiger partial charge in [-0.05, 0) is 43.5 Å². The van der Waals surface area contributed by atoms with Gasteiger partial charge in [0.25, 0.3) is 0 Å². The first-order valence-electron chi connectivity index (χ1n) is 7.75. The summed E-state index contributed by atoms with van der Waals surface area (Å²) in [5.74, 6) is 0. The molecule has 1 aromatic heterocycles. The minimum absolute atomic E-state index is 0.291. The van der Waals surface area contributed by atoms with Gasteiger partial charge in [-0.1, -0.05) is 36.6 Å². The second-order valence-corrected chi connectivity index (χ2v) is 6.32. The lowest BCUT2D eigenvalue weighted by Gasteiger charge is -2.13. The van der Waals surface area contributed by atoms with E-state index in [0.717, 1.165) is 17.3 Å². The second-order valence-electron chi connectivity index (χ2n) is 5.88. The lowest BCUT2D eigenvalue weighted by Crippen LogP contribution is -2.18. The summed E-state index contributed by atoms with van der Waals surface area (Å²) in [5.41, 5.74) is 2.36. The van der Waals surface area contributed by atoms with Crippen molar-refractivity contribution in [3.05, 3.63) is 52.8 Å². The summed E-state index contributed by atoms with van der Waals surface area (Å²) in [6, 6.07) is 11.0. The predicted octanol–water partition coefficient (Wildman–Crippen LogP) is 4.50. The molecule has 1 heterocycles. The fraction of sp³-hybridized carbons (Fsp3) is 0.471. The maximum Gasteiger partial charge on any atom is 0.0762 e. The molecule has 0 aliphatic heterocycles. The first kappa shape index (κ1) is 14.6. The van der Waals surface area contributed by atoms with Gasteiger partial charge in [0.05, 0.1) is 11.7 Å². The molecular formula is C17H22ClN3. The van der Waals surface area contributed by atoms with E-state index in [1.165, 1.54) is 31.2 Å². The Morgan fingerprint density at radius 1 is 1.24 bits per heavy atom. The van der Waals surface area contributed by atoms with Gasteiger partial charge in [-0.25, -0.2) is 0 Å². The summed E-state index contributed by atoms with van der Waals surface area (Å²) in [6.45, 7) is 2.96. The van der Waals surface area contributed by atoms with E-state index in [0.29, 0.717) is 12.1 Å². The standard InChI is InChI=1S/C17H22ClN3/c1-13(14-6-8-15(18)9-7-14)19-12-16-10-11-21(20-16)17-4-2-3-5-17/h6-11,13,17,19H,2-5,12H2,1H3/t13-/m1/s1. The molecule has 1 atom stereocenters. The second kappa shape index (κ2) is 6.63. The molecule has 0 saturated heterocycles. The van der Waals surface area contributed by atoms with Gasteiger partial charge >= 0.3 is 0 Å². The molecule has 1 saturated carbocycles. The molecule has 112 valence electrons. The van der Waals surface area contributed by atoms with E-state index < -0.39 is 0 Å². The van der Waals surface area contributed by atoms with Crippen LogP contribution in [-0.4, -0.2) is 9.78 Å². The number of hydrogen-bond acceptors (Lipinski definition) is 2. The fourth-order valence-electron chi connectivity index (χ4n) is 2.97. The number of aromatic nitrogens is 2. The molecule has 3 rings (SSSR count). The van der Waals surface area contributed by atoms with Crippen LogP contribution in [0.5, 0.6) is 0 Å². The average Bonchev–Trinajstić information content (AvgIpc) is 3.16. The maximum atomic E-state index is 5.92. The zero-order chi connectivity index (χ0) is 14.7. The van der Waals surface area contributed by atoms with Gasteiger partial charge in [0.15, 0.2) is 0 Å². The smallest absolute Gasteiger partial charge is 0.0762 e. The molecule has 0 unspecified atom stereocenters. The highest BCUT2D eigenvalue weighted by atomic mass is 35.5. The summed E-state index contributed by atoms with van der Waals surface area (Å²) >= 11 is 5.92. The van der Waals surface area contributed by atoms with Crippen molar-refractivity contribution in [3.8, 4) is 0 Å². The Balaban J connectivity index is 1.56. The number of nitrogens with one attached hydrogen (secondary N) is 1. The van der Waals surface area contributed by atoms with Gasteiger partial charge in [0, 0.05) is 23.8 Å². The molecule has 1 aromatic carbocycles. The molecule has 0 radical (unpaired) electrons. The summed E-state index contributed by atoms with van der Waals surface area (Å²) in [7, 11) is 0. The topological polar surface area (TPSA) is 29.9 Å². The molecule has 0 bridgehead atoms. The van der Waals surface area contributed by atoms with Crippen LogP contribution in [0.3, 0.4) is 0 Å². The molecule has 1 N–H and O–H groups in total. The highest BCUT2D eigenvalue weighted by Gasteiger charge is 2.17. The van der Waals surface area contributed by atoms with Crippen molar-refractivity contribution in [1.29, 1.82) is 0 Å². The average molecular weight is 304 g/mol. The van der Waals surface area contributed by atoms with E-state index in [1.54, 1.807) is 0 Å². The summed E-state index contributed by atoms with van der Waals surface area (Å²) in [5, 5.41) is 9.00. The van der Waals surface area contributed by atoms with Gasteiger partial charge in [0.1, 0.15) is 0 Å². The SMILES string of the molecule is C[C@@H](NCc1ccn(C2CCCC2)n1)c1ccc(Cl)cc1. The van der Waals surface area contributed by atoms with Crippen LogP contribution < -0.4 is 5.32 Å². The van der Waals surface area contributed by atoms with Gasteiger partial charge in [0.2, 0.25) is 0 Å². The molecule has 3 nitrogen and oxygen atoms in total. The van der Waals surface area contributed by atoms with Crippen LogP contribution in [0.2, 0.25) is 5.02 Å². The van der Waals surface area contributed by atoms with Crippen molar-refractivity contribution < 1.29 is 0 Å². The Morgan fingerprint density at radius 3 is 2.67 bits per heavy atom. The molecule has 2 aromatic rings. The van der Waals surface area contributed by atoms with E-state index in [1.807, 2.05) is 12.1 Å². The van der Waals surface area contributed by atoms with Crippen LogP contribution in [0.15, 0.2) is 36.5 Å².